The Balaban J connectivity index is 2.25. The summed E-state index contributed by atoms with van der Waals surface area (Å²) >= 11 is 0. The van der Waals surface area contributed by atoms with Gasteiger partial charge in [-0.1, -0.05) is 6.07 Å². The largest absolute Gasteiger partial charge is 0.493 e. The number of hydrogen-bond donors (Lipinski definition) is 0. The van der Waals surface area contributed by atoms with E-state index in [1.807, 2.05) is 18.2 Å². The van der Waals surface area contributed by atoms with Gasteiger partial charge >= 0.3 is 0 Å². The van der Waals surface area contributed by atoms with Crippen LogP contribution in [0.3, 0.4) is 0 Å². The van der Waals surface area contributed by atoms with E-state index in [2.05, 4.69) is 12.1 Å². The number of hydrogen-bond acceptors (Lipinski definition) is 6. The first-order chi connectivity index (χ1) is 10.2. The van der Waals surface area contributed by atoms with Gasteiger partial charge in [-0.05, 0) is 17.7 Å². The van der Waals surface area contributed by atoms with Crippen LogP contribution in [-0.2, 0) is 4.84 Å². The third-order valence-electron chi connectivity index (χ3n) is 3.43. The van der Waals surface area contributed by atoms with Crippen molar-refractivity contribution in [1.29, 1.82) is 10.5 Å². The fraction of sp³-hybridized carbons (Fsp3) is 0.467. The van der Waals surface area contributed by atoms with Crippen LogP contribution in [0.1, 0.15) is 24.4 Å². The second-order valence-corrected chi connectivity index (χ2v) is 4.64. The van der Waals surface area contributed by atoms with Crippen LogP contribution in [0.4, 0.5) is 0 Å². The highest BCUT2D eigenvalue weighted by Crippen LogP contribution is 2.37. The van der Waals surface area contributed by atoms with Gasteiger partial charge in [0.2, 0.25) is 0 Å². The molecule has 6 heteroatoms. The van der Waals surface area contributed by atoms with Crippen LogP contribution in [0.15, 0.2) is 18.2 Å². The van der Waals surface area contributed by atoms with E-state index in [1.54, 1.807) is 19.3 Å². The van der Waals surface area contributed by atoms with Crippen molar-refractivity contribution in [3.63, 3.8) is 0 Å². The molecule has 1 heterocycles. The van der Waals surface area contributed by atoms with Crippen LogP contribution in [-0.4, -0.2) is 31.9 Å². The van der Waals surface area contributed by atoms with Gasteiger partial charge in [-0.25, -0.2) is 0 Å². The van der Waals surface area contributed by atoms with E-state index in [0.29, 0.717) is 30.9 Å². The summed E-state index contributed by atoms with van der Waals surface area (Å²) in [6, 6.07) is 9.78. The maximum absolute atomic E-state index is 9.05. The molecule has 0 spiro atoms. The Morgan fingerprint density at radius 2 is 2.05 bits per heavy atom. The molecule has 1 saturated heterocycles. The van der Waals surface area contributed by atoms with Crippen molar-refractivity contribution >= 4 is 0 Å². The summed E-state index contributed by atoms with van der Waals surface area (Å²) in [7, 11) is 3.17. The SMILES string of the molecule is COc1ccc([C@H]2C[C@H](C#N)ON2CCC#N)cc1OC. The second-order valence-electron chi connectivity index (χ2n) is 4.64. The molecule has 0 N–H and O–H groups in total. The molecule has 0 radical (unpaired) electrons. The van der Waals surface area contributed by atoms with Gasteiger partial charge in [0, 0.05) is 13.0 Å². The Morgan fingerprint density at radius 3 is 2.67 bits per heavy atom. The van der Waals surface area contributed by atoms with E-state index in [4.69, 9.17) is 24.8 Å². The Bertz CT molecular complexity index is 577. The molecule has 1 aliphatic rings. The Kier molecular flexibility index (Phi) is 4.99. The maximum atomic E-state index is 9.05. The average molecular weight is 287 g/mol. The fourth-order valence-corrected chi connectivity index (χ4v) is 2.41. The summed E-state index contributed by atoms with van der Waals surface area (Å²) in [5.41, 5.74) is 0.975. The zero-order valence-electron chi connectivity index (χ0n) is 12.1. The smallest absolute Gasteiger partial charge is 0.167 e. The van der Waals surface area contributed by atoms with Gasteiger partial charge in [0.25, 0.3) is 0 Å². The molecular weight excluding hydrogens is 270 g/mol. The summed E-state index contributed by atoms with van der Waals surface area (Å²) in [6.45, 7) is 0.466. The predicted molar refractivity (Wildman–Crippen MR) is 74.3 cm³/mol. The van der Waals surface area contributed by atoms with E-state index in [-0.39, 0.29) is 6.04 Å². The minimum atomic E-state index is -0.484. The van der Waals surface area contributed by atoms with Crippen LogP contribution in [0.5, 0.6) is 11.5 Å². The molecule has 110 valence electrons. The summed E-state index contributed by atoms with van der Waals surface area (Å²) in [5.74, 6) is 1.29. The molecule has 1 aromatic carbocycles. The van der Waals surface area contributed by atoms with Crippen LogP contribution in [0.2, 0.25) is 0 Å². The molecule has 0 amide bonds. The number of methoxy groups -OCH3 is 2. The van der Waals surface area contributed by atoms with Gasteiger partial charge in [-0.3, -0.25) is 4.84 Å². The number of ether oxygens (including phenoxy) is 2. The lowest BCUT2D eigenvalue weighted by Crippen LogP contribution is -2.23. The van der Waals surface area contributed by atoms with Gasteiger partial charge < -0.3 is 9.47 Å². The number of nitriles is 2. The highest BCUT2D eigenvalue weighted by Gasteiger charge is 2.34. The van der Waals surface area contributed by atoms with Crippen molar-refractivity contribution in [1.82, 2.24) is 5.06 Å². The van der Waals surface area contributed by atoms with E-state index >= 15 is 0 Å². The normalized spacial score (nSPS) is 21.5. The Morgan fingerprint density at radius 1 is 1.29 bits per heavy atom. The van der Waals surface area contributed by atoms with Crippen LogP contribution >= 0.6 is 0 Å². The summed E-state index contributed by atoms with van der Waals surface area (Å²) in [6.07, 6.45) is 0.432. The lowest BCUT2D eigenvalue weighted by atomic mass is 10.0. The van der Waals surface area contributed by atoms with Crippen molar-refractivity contribution in [3.05, 3.63) is 23.8 Å². The van der Waals surface area contributed by atoms with Crippen LogP contribution in [0.25, 0.3) is 0 Å². The zero-order valence-corrected chi connectivity index (χ0v) is 12.1. The number of benzene rings is 1. The van der Waals surface area contributed by atoms with E-state index in [0.717, 1.165) is 5.56 Å². The summed E-state index contributed by atoms with van der Waals surface area (Å²) < 4.78 is 10.5. The molecule has 0 aromatic heterocycles. The quantitative estimate of drug-likeness (QED) is 0.826. The minimum Gasteiger partial charge on any atom is -0.493 e. The van der Waals surface area contributed by atoms with Crippen molar-refractivity contribution in [3.8, 4) is 23.6 Å². The van der Waals surface area contributed by atoms with Crippen LogP contribution in [0, 0.1) is 22.7 Å². The lowest BCUT2D eigenvalue weighted by molar-refractivity contribution is -0.148. The fourth-order valence-electron chi connectivity index (χ4n) is 2.41. The monoisotopic (exact) mass is 287 g/mol. The van der Waals surface area contributed by atoms with Gasteiger partial charge in [-0.15, -0.1) is 0 Å². The molecule has 2 rings (SSSR count). The summed E-state index contributed by atoms with van der Waals surface area (Å²) in [4.78, 5) is 5.56. The Hall–Kier alpha value is -2.28. The average Bonchev–Trinajstić information content (AvgIpc) is 2.95. The minimum absolute atomic E-state index is 0.0668. The molecular formula is C15H17N3O3. The van der Waals surface area contributed by atoms with Crippen molar-refractivity contribution in [2.24, 2.45) is 0 Å². The van der Waals surface area contributed by atoms with Gasteiger partial charge in [-0.2, -0.15) is 15.6 Å². The van der Waals surface area contributed by atoms with Gasteiger partial charge in [0.05, 0.1) is 38.8 Å². The molecule has 1 fully saturated rings. The van der Waals surface area contributed by atoms with E-state index in [9.17, 15) is 0 Å². The van der Waals surface area contributed by atoms with Crippen molar-refractivity contribution in [2.75, 3.05) is 20.8 Å². The first-order valence-corrected chi connectivity index (χ1v) is 6.65. The maximum Gasteiger partial charge on any atom is 0.167 e. The zero-order chi connectivity index (χ0) is 15.2. The molecule has 0 bridgehead atoms. The molecule has 2 atom stereocenters. The Labute approximate surface area is 124 Å². The lowest BCUT2D eigenvalue weighted by Gasteiger charge is -2.22. The molecule has 1 aliphatic heterocycles. The second kappa shape index (κ2) is 6.94. The summed E-state index contributed by atoms with van der Waals surface area (Å²) in [5, 5.41) is 19.5. The van der Waals surface area contributed by atoms with Gasteiger partial charge in [0.1, 0.15) is 0 Å². The standard InChI is InChI=1S/C15H17N3O3/c1-19-14-5-4-11(8-15(14)20-2)13-9-12(10-17)21-18(13)7-3-6-16/h4-5,8,12-13H,3,7,9H2,1-2H3/t12-,13-/m1/s1. The highest BCUT2D eigenvalue weighted by molar-refractivity contribution is 5.44. The molecule has 0 saturated carbocycles. The molecule has 0 aliphatic carbocycles. The van der Waals surface area contributed by atoms with E-state index in [1.165, 1.54) is 0 Å². The molecule has 0 unspecified atom stereocenters. The predicted octanol–water partition coefficient (Wildman–Crippen LogP) is 2.19. The molecule has 21 heavy (non-hydrogen) atoms. The van der Waals surface area contributed by atoms with Crippen molar-refractivity contribution < 1.29 is 14.3 Å². The molecule has 6 nitrogen and oxygen atoms in total. The van der Waals surface area contributed by atoms with Crippen LogP contribution < -0.4 is 9.47 Å². The van der Waals surface area contributed by atoms with Gasteiger partial charge in [0.15, 0.2) is 17.6 Å². The first kappa shape index (κ1) is 15.1. The topological polar surface area (TPSA) is 78.5 Å². The highest BCUT2D eigenvalue weighted by atomic mass is 16.7. The first-order valence-electron chi connectivity index (χ1n) is 6.65. The van der Waals surface area contributed by atoms with Crippen molar-refractivity contribution in [2.45, 2.75) is 25.0 Å². The van der Waals surface area contributed by atoms with E-state index < -0.39 is 6.10 Å². The number of hydroxylamine groups is 2. The number of rotatable bonds is 5. The number of nitrogens with zero attached hydrogens (tertiary/aromatic N) is 3. The third-order valence-corrected chi connectivity index (χ3v) is 3.43. The third kappa shape index (κ3) is 3.25. The molecule has 1 aromatic rings.